The van der Waals surface area contributed by atoms with E-state index in [2.05, 4.69) is 10.3 Å². The molecule has 1 saturated heterocycles. The third-order valence-electron chi connectivity index (χ3n) is 7.29. The van der Waals surface area contributed by atoms with Gasteiger partial charge in [-0.05, 0) is 35.9 Å². The van der Waals surface area contributed by atoms with Crippen molar-refractivity contribution in [2.75, 3.05) is 33.3 Å². The number of methoxy groups -OCH3 is 3. The van der Waals surface area contributed by atoms with Gasteiger partial charge in [0.05, 0.1) is 33.4 Å². The number of aromatic nitrogens is 1. The largest absolute Gasteiger partial charge is 0.504 e. The molecule has 3 heterocycles. The minimum Gasteiger partial charge on any atom is -0.504 e. The minimum atomic E-state index is -0.562. The zero-order chi connectivity index (χ0) is 26.6. The van der Waals surface area contributed by atoms with Gasteiger partial charge in [-0.25, -0.2) is 4.79 Å². The van der Waals surface area contributed by atoms with E-state index in [1.807, 2.05) is 24.3 Å². The molecule has 38 heavy (non-hydrogen) atoms. The first-order valence-electron chi connectivity index (χ1n) is 12.1. The Bertz CT molecular complexity index is 1520. The summed E-state index contributed by atoms with van der Waals surface area (Å²) < 4.78 is 21.7. The molecule has 1 fully saturated rings. The van der Waals surface area contributed by atoms with Crippen LogP contribution >= 0.6 is 0 Å². The fourth-order valence-corrected chi connectivity index (χ4v) is 5.58. The van der Waals surface area contributed by atoms with E-state index in [-0.39, 0.29) is 41.7 Å². The normalized spacial score (nSPS) is 20.0. The molecule has 4 N–H and O–H groups in total. The first kappa shape index (κ1) is 23.7. The van der Waals surface area contributed by atoms with E-state index in [4.69, 9.17) is 18.9 Å². The topological polar surface area (TPSA) is 126 Å². The highest BCUT2D eigenvalue weighted by atomic mass is 16.6. The number of carbonyl (C=O) groups excluding carboxylic acids is 1. The molecule has 10 nitrogen and oxygen atoms in total. The van der Waals surface area contributed by atoms with Gasteiger partial charge in [-0.2, -0.15) is 0 Å². The fraction of sp³-hybridized carbons (Fsp3) is 0.250. The minimum absolute atomic E-state index is 0.0331. The van der Waals surface area contributed by atoms with Crippen LogP contribution in [0.5, 0.6) is 28.7 Å². The molecule has 2 aliphatic heterocycles. The van der Waals surface area contributed by atoms with E-state index in [0.717, 1.165) is 22.2 Å². The van der Waals surface area contributed by atoms with Crippen molar-refractivity contribution in [2.45, 2.75) is 18.1 Å². The number of aromatic hydroxyl groups is 2. The molecule has 10 heteroatoms. The number of benzene rings is 3. The van der Waals surface area contributed by atoms with Crippen LogP contribution in [0.25, 0.3) is 10.9 Å². The van der Waals surface area contributed by atoms with E-state index in [0.29, 0.717) is 17.0 Å². The molecular weight excluding hydrogens is 490 g/mol. The second-order valence-electron chi connectivity index (χ2n) is 9.23. The Balaban J connectivity index is 1.57. The Kier molecular flexibility index (Phi) is 5.59. The number of nitrogens with one attached hydrogen (secondary N) is 2. The number of rotatable bonds is 6. The van der Waals surface area contributed by atoms with Crippen LogP contribution in [-0.4, -0.2) is 60.2 Å². The molecule has 2 aliphatic rings. The van der Waals surface area contributed by atoms with Crippen LogP contribution in [0.4, 0.5) is 10.5 Å². The zero-order valence-corrected chi connectivity index (χ0v) is 21.0. The SMILES string of the molecule is COc1cc(N[C@@H]2c3c([nH]c4ccccc34)[C@@H](c3cc(OC)c(O)c(OC)c3)N3C(=O)OC[C@H]23)ccc1O. The lowest BCUT2D eigenvalue weighted by Crippen LogP contribution is -2.47. The number of H-pyrrole nitrogens is 1. The third-order valence-corrected chi connectivity index (χ3v) is 7.29. The standard InChI is InChI=1S/C28H27N3O7/c1-35-20-12-15(8-9-19(20)32)29-24-18-13-38-28(34)31(18)26(14-10-21(36-2)27(33)22(11-14)37-3)25-23(24)16-6-4-5-7-17(16)30-25/h4-12,18,24,26,29-30,32-33H,13H2,1-3H3/t18-,24+,26-/m1/s1. The summed E-state index contributed by atoms with van der Waals surface area (Å²) in [5.74, 6) is 0.718. The van der Waals surface area contributed by atoms with E-state index >= 15 is 0 Å². The molecular formula is C28H27N3O7. The average Bonchev–Trinajstić information content (AvgIpc) is 3.51. The Morgan fingerprint density at radius 1 is 0.974 bits per heavy atom. The molecule has 3 aromatic carbocycles. The number of ether oxygens (including phenoxy) is 4. The lowest BCUT2D eigenvalue weighted by atomic mass is 9.85. The van der Waals surface area contributed by atoms with Crippen molar-refractivity contribution in [3.05, 3.63) is 71.4 Å². The molecule has 0 saturated carbocycles. The molecule has 0 radical (unpaired) electrons. The van der Waals surface area contributed by atoms with Gasteiger partial charge in [0.25, 0.3) is 0 Å². The van der Waals surface area contributed by atoms with Crippen LogP contribution in [0.2, 0.25) is 0 Å². The van der Waals surface area contributed by atoms with Crippen LogP contribution in [0.15, 0.2) is 54.6 Å². The molecule has 1 aromatic heterocycles. The number of phenols is 2. The van der Waals surface area contributed by atoms with Gasteiger partial charge in [-0.1, -0.05) is 18.2 Å². The number of hydrogen-bond donors (Lipinski definition) is 4. The lowest BCUT2D eigenvalue weighted by molar-refractivity contribution is 0.145. The number of fused-ring (bicyclic) bond motifs is 4. The van der Waals surface area contributed by atoms with Gasteiger partial charge in [0, 0.05) is 33.9 Å². The summed E-state index contributed by atoms with van der Waals surface area (Å²) in [4.78, 5) is 18.5. The van der Waals surface area contributed by atoms with Crippen molar-refractivity contribution < 1.29 is 34.0 Å². The van der Waals surface area contributed by atoms with Crippen molar-refractivity contribution in [1.82, 2.24) is 9.88 Å². The molecule has 3 atom stereocenters. The van der Waals surface area contributed by atoms with Crippen LogP contribution in [0.1, 0.15) is 28.9 Å². The number of cyclic esters (lactones) is 1. The van der Waals surface area contributed by atoms with Crippen LogP contribution in [0, 0.1) is 0 Å². The third kappa shape index (κ3) is 3.52. The maximum atomic E-state index is 13.2. The smallest absolute Gasteiger partial charge is 0.411 e. The number of carbonyl (C=O) groups is 1. The summed E-state index contributed by atoms with van der Waals surface area (Å²) in [6, 6.07) is 15.1. The van der Waals surface area contributed by atoms with Gasteiger partial charge in [0.2, 0.25) is 5.75 Å². The van der Waals surface area contributed by atoms with E-state index in [9.17, 15) is 15.0 Å². The monoisotopic (exact) mass is 517 g/mol. The highest BCUT2D eigenvalue weighted by Gasteiger charge is 2.51. The molecule has 0 bridgehead atoms. The Hall–Kier alpha value is -4.73. The molecule has 0 unspecified atom stereocenters. The fourth-order valence-electron chi connectivity index (χ4n) is 5.58. The average molecular weight is 518 g/mol. The van der Waals surface area contributed by atoms with Crippen LogP contribution < -0.4 is 19.5 Å². The predicted octanol–water partition coefficient (Wildman–Crippen LogP) is 4.68. The number of anilines is 1. The second-order valence-corrected chi connectivity index (χ2v) is 9.23. The molecule has 196 valence electrons. The number of nitrogens with zero attached hydrogens (tertiary/aromatic N) is 1. The van der Waals surface area contributed by atoms with Gasteiger partial charge in [0.15, 0.2) is 23.0 Å². The van der Waals surface area contributed by atoms with Gasteiger partial charge in [-0.3, -0.25) is 4.90 Å². The molecule has 6 rings (SSSR count). The predicted molar refractivity (Wildman–Crippen MR) is 139 cm³/mol. The van der Waals surface area contributed by atoms with Crippen molar-refractivity contribution in [3.8, 4) is 28.7 Å². The van der Waals surface area contributed by atoms with Crippen molar-refractivity contribution >= 4 is 22.7 Å². The number of aromatic amines is 1. The van der Waals surface area contributed by atoms with Gasteiger partial charge >= 0.3 is 6.09 Å². The molecule has 0 spiro atoms. The number of para-hydroxylation sites is 1. The highest BCUT2D eigenvalue weighted by molar-refractivity contribution is 5.88. The van der Waals surface area contributed by atoms with Crippen molar-refractivity contribution in [1.29, 1.82) is 0 Å². The van der Waals surface area contributed by atoms with Crippen molar-refractivity contribution in [2.24, 2.45) is 0 Å². The zero-order valence-electron chi connectivity index (χ0n) is 21.0. The Morgan fingerprint density at radius 2 is 1.68 bits per heavy atom. The second kappa shape index (κ2) is 8.98. The van der Waals surface area contributed by atoms with E-state index in [1.165, 1.54) is 21.3 Å². The van der Waals surface area contributed by atoms with Gasteiger partial charge in [-0.15, -0.1) is 0 Å². The molecule has 1 amide bonds. The number of phenolic OH excluding ortho intramolecular Hbond substituents is 2. The highest BCUT2D eigenvalue weighted by Crippen LogP contribution is 2.50. The first-order chi connectivity index (χ1) is 18.4. The Labute approximate surface area is 218 Å². The van der Waals surface area contributed by atoms with E-state index < -0.39 is 12.1 Å². The lowest BCUT2D eigenvalue weighted by Gasteiger charge is -2.41. The van der Waals surface area contributed by atoms with Crippen LogP contribution in [0.3, 0.4) is 0 Å². The summed E-state index contributed by atoms with van der Waals surface area (Å²) in [6.07, 6.45) is -0.453. The van der Waals surface area contributed by atoms with E-state index in [1.54, 1.807) is 35.2 Å². The quantitative estimate of drug-likeness (QED) is 0.272. The Morgan fingerprint density at radius 3 is 2.39 bits per heavy atom. The summed E-state index contributed by atoms with van der Waals surface area (Å²) in [6.45, 7) is 0.174. The summed E-state index contributed by atoms with van der Waals surface area (Å²) >= 11 is 0. The summed E-state index contributed by atoms with van der Waals surface area (Å²) in [7, 11) is 4.42. The van der Waals surface area contributed by atoms with Gasteiger partial charge < -0.3 is 39.5 Å². The van der Waals surface area contributed by atoms with Crippen molar-refractivity contribution in [3.63, 3.8) is 0 Å². The number of hydrogen-bond acceptors (Lipinski definition) is 8. The number of amides is 1. The van der Waals surface area contributed by atoms with Crippen LogP contribution in [-0.2, 0) is 4.74 Å². The van der Waals surface area contributed by atoms with Gasteiger partial charge in [0.1, 0.15) is 12.6 Å². The summed E-state index contributed by atoms with van der Waals surface area (Å²) in [5.41, 5.74) is 4.12. The molecule has 4 aromatic rings. The molecule has 0 aliphatic carbocycles. The maximum absolute atomic E-state index is 13.2. The summed E-state index contributed by atoms with van der Waals surface area (Å²) in [5, 5.41) is 25.2. The maximum Gasteiger partial charge on any atom is 0.411 e. The first-order valence-corrected chi connectivity index (χ1v) is 12.1.